The van der Waals surface area contributed by atoms with Gasteiger partial charge in [-0.05, 0) is 73.6 Å². The van der Waals surface area contributed by atoms with Crippen LogP contribution in [0.15, 0.2) is 30.3 Å². The zero-order valence-electron chi connectivity index (χ0n) is 15.5. The maximum Gasteiger partial charge on any atom is 0.552 e. The summed E-state index contributed by atoms with van der Waals surface area (Å²) in [5.74, 6) is -0.134. The third kappa shape index (κ3) is 4.04. The third-order valence-electron chi connectivity index (χ3n) is 4.50. The number of carbonyl (C=O) groups excluding carboxylic acids is 1. The molecule has 0 N–H and O–H groups in total. The van der Waals surface area contributed by atoms with Crippen molar-refractivity contribution < 1.29 is 18.6 Å². The van der Waals surface area contributed by atoms with Crippen LogP contribution in [-0.2, 0) is 13.8 Å². The summed E-state index contributed by atoms with van der Waals surface area (Å²) in [6.45, 7) is 9.59. The lowest BCUT2D eigenvalue weighted by molar-refractivity contribution is -0.0318. The summed E-state index contributed by atoms with van der Waals surface area (Å²) in [6, 6.07) is 8.90. The molecule has 25 heavy (non-hydrogen) atoms. The fourth-order valence-electron chi connectivity index (χ4n) is 2.83. The molecular formula is C20H24O4P+. The molecule has 0 saturated heterocycles. The number of hydrogen-bond acceptors (Lipinski definition) is 4. The minimum absolute atomic E-state index is 0.134. The van der Waals surface area contributed by atoms with Crippen LogP contribution < -0.4 is 5.30 Å². The number of ether oxygens (including phenoxy) is 1. The molecule has 0 spiro atoms. The fourth-order valence-corrected chi connectivity index (χ4v) is 3.88. The average molecular weight is 359 g/mol. The van der Waals surface area contributed by atoms with Gasteiger partial charge in [0, 0.05) is 12.7 Å². The van der Waals surface area contributed by atoms with Crippen molar-refractivity contribution in [2.24, 2.45) is 0 Å². The summed E-state index contributed by atoms with van der Waals surface area (Å²) < 4.78 is 22.9. The molecule has 132 valence electrons. The highest BCUT2D eigenvalue weighted by Crippen LogP contribution is 2.29. The monoisotopic (exact) mass is 359 g/mol. The SMILES string of the molecule is COC(C)O[P+](=O)c1ccccc1C(=O)c1c(C)cc(C)c(C)c1C. The Morgan fingerprint density at radius 1 is 1.04 bits per heavy atom. The van der Waals surface area contributed by atoms with Gasteiger partial charge in [0.05, 0.1) is 5.56 Å². The van der Waals surface area contributed by atoms with Crippen molar-refractivity contribution in [2.45, 2.75) is 40.9 Å². The second kappa shape index (κ2) is 8.01. The Kier molecular flexibility index (Phi) is 6.23. The van der Waals surface area contributed by atoms with Crippen molar-refractivity contribution in [3.63, 3.8) is 0 Å². The van der Waals surface area contributed by atoms with Crippen molar-refractivity contribution in [3.8, 4) is 0 Å². The lowest BCUT2D eigenvalue weighted by atomic mass is 9.89. The number of ketones is 1. The van der Waals surface area contributed by atoms with E-state index >= 15 is 0 Å². The Bertz CT molecular complexity index is 827. The Morgan fingerprint density at radius 2 is 1.68 bits per heavy atom. The minimum atomic E-state index is -2.19. The molecule has 0 heterocycles. The van der Waals surface area contributed by atoms with Crippen LogP contribution in [0.5, 0.6) is 0 Å². The van der Waals surface area contributed by atoms with E-state index in [0.717, 1.165) is 22.3 Å². The number of aryl methyl sites for hydroxylation is 2. The van der Waals surface area contributed by atoms with Crippen LogP contribution in [0.4, 0.5) is 0 Å². The first-order valence-corrected chi connectivity index (χ1v) is 9.33. The molecule has 0 aliphatic carbocycles. The molecule has 4 nitrogen and oxygen atoms in total. The molecule has 2 aromatic rings. The first-order chi connectivity index (χ1) is 11.8. The molecule has 5 heteroatoms. The first-order valence-electron chi connectivity index (χ1n) is 8.15. The van der Waals surface area contributed by atoms with Crippen molar-refractivity contribution in [1.82, 2.24) is 0 Å². The molecule has 0 aliphatic rings. The maximum absolute atomic E-state index is 13.2. The maximum atomic E-state index is 13.2. The quantitative estimate of drug-likeness (QED) is 0.432. The highest BCUT2D eigenvalue weighted by molar-refractivity contribution is 7.48. The zero-order chi connectivity index (χ0) is 18.7. The Balaban J connectivity index is 2.52. The predicted molar refractivity (Wildman–Crippen MR) is 100 cm³/mol. The molecule has 2 rings (SSSR count). The number of rotatable bonds is 6. The van der Waals surface area contributed by atoms with Gasteiger partial charge < -0.3 is 4.74 Å². The van der Waals surface area contributed by atoms with Crippen LogP contribution >= 0.6 is 8.03 Å². The summed E-state index contributed by atoms with van der Waals surface area (Å²) in [6.07, 6.45) is -0.614. The van der Waals surface area contributed by atoms with Gasteiger partial charge in [-0.15, -0.1) is 4.52 Å². The first kappa shape index (κ1) is 19.5. The van der Waals surface area contributed by atoms with Gasteiger partial charge in [0.1, 0.15) is 0 Å². The van der Waals surface area contributed by atoms with Crippen LogP contribution in [0.25, 0.3) is 0 Å². The molecule has 0 aliphatic heterocycles. The molecule has 2 unspecified atom stereocenters. The molecule has 0 aromatic heterocycles. The van der Waals surface area contributed by atoms with E-state index in [9.17, 15) is 9.36 Å². The van der Waals surface area contributed by atoms with Gasteiger partial charge >= 0.3 is 8.03 Å². The summed E-state index contributed by atoms with van der Waals surface area (Å²) in [5.41, 5.74) is 5.20. The van der Waals surface area contributed by atoms with Gasteiger partial charge in [-0.1, -0.05) is 18.2 Å². The Morgan fingerprint density at radius 3 is 2.32 bits per heavy atom. The lowest BCUT2D eigenvalue weighted by Crippen LogP contribution is -2.18. The van der Waals surface area contributed by atoms with Gasteiger partial charge in [-0.2, -0.15) is 0 Å². The van der Waals surface area contributed by atoms with E-state index in [-0.39, 0.29) is 5.78 Å². The fraction of sp³-hybridized carbons (Fsp3) is 0.350. The van der Waals surface area contributed by atoms with E-state index in [4.69, 9.17) is 9.26 Å². The normalized spacial score (nSPS) is 12.8. The molecule has 2 aromatic carbocycles. The largest absolute Gasteiger partial charge is 0.552 e. The summed E-state index contributed by atoms with van der Waals surface area (Å²) in [7, 11) is -0.715. The van der Waals surface area contributed by atoms with Crippen LogP contribution in [0.2, 0.25) is 0 Å². The molecule has 0 fully saturated rings. The van der Waals surface area contributed by atoms with Crippen LogP contribution in [0.3, 0.4) is 0 Å². The van der Waals surface area contributed by atoms with Gasteiger partial charge in [0.15, 0.2) is 5.78 Å². The molecular weight excluding hydrogens is 335 g/mol. The third-order valence-corrected chi connectivity index (χ3v) is 5.78. The molecule has 0 amide bonds. The number of methoxy groups -OCH3 is 1. The van der Waals surface area contributed by atoms with Gasteiger partial charge in [0.2, 0.25) is 11.6 Å². The van der Waals surface area contributed by atoms with Crippen molar-refractivity contribution >= 4 is 19.1 Å². The van der Waals surface area contributed by atoms with Gasteiger partial charge in [0.25, 0.3) is 0 Å². The second-order valence-corrected chi connectivity index (χ2v) is 7.35. The predicted octanol–water partition coefficient (Wildman–Crippen LogP) is 4.53. The van der Waals surface area contributed by atoms with E-state index in [0.29, 0.717) is 16.4 Å². The molecule has 0 radical (unpaired) electrons. The van der Waals surface area contributed by atoms with Crippen molar-refractivity contribution in [1.29, 1.82) is 0 Å². The summed E-state index contributed by atoms with van der Waals surface area (Å²) >= 11 is 0. The topological polar surface area (TPSA) is 52.6 Å². The molecule has 2 atom stereocenters. The van der Waals surface area contributed by atoms with E-state index in [2.05, 4.69) is 0 Å². The van der Waals surface area contributed by atoms with Crippen LogP contribution in [0, 0.1) is 27.7 Å². The van der Waals surface area contributed by atoms with E-state index < -0.39 is 14.3 Å². The smallest absolute Gasteiger partial charge is 0.352 e. The standard InChI is InChI=1S/C20H24O4P/c1-12-11-13(2)19(15(4)14(12)3)20(21)17-9-7-8-10-18(17)25(22)24-16(5)23-6/h7-11,16H,1-6H3/q+1. The zero-order valence-corrected chi connectivity index (χ0v) is 16.4. The Hall–Kier alpha value is -1.87. The molecule has 0 bridgehead atoms. The highest BCUT2D eigenvalue weighted by atomic mass is 31.1. The van der Waals surface area contributed by atoms with Gasteiger partial charge in [-0.25, -0.2) is 0 Å². The van der Waals surface area contributed by atoms with E-state index in [1.165, 1.54) is 7.11 Å². The molecule has 0 saturated carbocycles. The lowest BCUT2D eigenvalue weighted by Gasteiger charge is -2.14. The van der Waals surface area contributed by atoms with Gasteiger partial charge in [-0.3, -0.25) is 4.79 Å². The Labute approximate surface area is 150 Å². The summed E-state index contributed by atoms with van der Waals surface area (Å²) in [5, 5.41) is 0.392. The summed E-state index contributed by atoms with van der Waals surface area (Å²) in [4.78, 5) is 13.2. The van der Waals surface area contributed by atoms with Crippen LogP contribution in [0.1, 0.15) is 45.1 Å². The minimum Gasteiger partial charge on any atom is -0.352 e. The second-order valence-electron chi connectivity index (χ2n) is 6.15. The van der Waals surface area contributed by atoms with E-state index in [1.54, 1.807) is 31.2 Å². The highest BCUT2D eigenvalue weighted by Gasteiger charge is 2.32. The van der Waals surface area contributed by atoms with E-state index in [1.807, 2.05) is 33.8 Å². The van der Waals surface area contributed by atoms with Crippen molar-refractivity contribution in [3.05, 3.63) is 63.7 Å². The average Bonchev–Trinajstić information content (AvgIpc) is 2.59. The van der Waals surface area contributed by atoms with Crippen LogP contribution in [-0.4, -0.2) is 19.2 Å². The number of benzene rings is 2. The number of hydrogen-bond donors (Lipinski definition) is 0. The number of carbonyl (C=O) groups is 1. The van der Waals surface area contributed by atoms with Crippen molar-refractivity contribution in [2.75, 3.05) is 7.11 Å².